The summed E-state index contributed by atoms with van der Waals surface area (Å²) in [6, 6.07) is 12.6. The smallest absolute Gasteiger partial charge is 0.256 e. The van der Waals surface area contributed by atoms with Gasteiger partial charge in [-0.05, 0) is 68.3 Å². The lowest BCUT2D eigenvalue weighted by Crippen LogP contribution is -2.15. The van der Waals surface area contributed by atoms with E-state index in [4.69, 9.17) is 9.72 Å². The molecule has 0 bridgehead atoms. The van der Waals surface area contributed by atoms with Crippen LogP contribution in [-0.4, -0.2) is 47.7 Å². The lowest BCUT2D eigenvalue weighted by Gasteiger charge is -2.14. The van der Waals surface area contributed by atoms with Crippen LogP contribution < -0.4 is 10.1 Å². The molecular formula is C26H25FN4O4S. The Kier molecular flexibility index (Phi) is 5.99. The molecule has 1 atom stereocenters. The number of fused-ring (bicyclic) bond motifs is 1. The summed E-state index contributed by atoms with van der Waals surface area (Å²) in [6.07, 6.45) is 0.420. The Hall–Kier alpha value is -3.79. The second-order valence-corrected chi connectivity index (χ2v) is 11.2. The molecule has 8 nitrogen and oxygen atoms in total. The van der Waals surface area contributed by atoms with Crippen LogP contribution in [0.15, 0.2) is 48.5 Å². The normalized spacial score (nSPS) is 16.8. The lowest BCUT2D eigenvalue weighted by atomic mass is 10.0. The molecule has 0 spiro atoms. The van der Waals surface area contributed by atoms with Gasteiger partial charge < -0.3 is 10.1 Å². The van der Waals surface area contributed by atoms with Crippen LogP contribution in [-0.2, 0) is 9.84 Å². The van der Waals surface area contributed by atoms with E-state index in [0.717, 1.165) is 5.56 Å². The van der Waals surface area contributed by atoms with Gasteiger partial charge in [-0.25, -0.2) is 22.5 Å². The molecule has 4 aromatic rings. The predicted octanol–water partition coefficient (Wildman–Crippen LogP) is 4.47. The van der Waals surface area contributed by atoms with Gasteiger partial charge in [0.2, 0.25) is 0 Å². The Bertz CT molecular complexity index is 1600. The zero-order valence-corrected chi connectivity index (χ0v) is 20.9. The highest BCUT2D eigenvalue weighted by Gasteiger charge is 2.32. The van der Waals surface area contributed by atoms with Gasteiger partial charge in [0.25, 0.3) is 5.91 Å². The minimum atomic E-state index is -3.17. The van der Waals surface area contributed by atoms with Crippen molar-refractivity contribution in [3.8, 4) is 17.0 Å². The number of anilines is 1. The number of hydrogen-bond donors (Lipinski definition) is 1. The summed E-state index contributed by atoms with van der Waals surface area (Å²) in [6.45, 7) is 3.68. The molecule has 0 saturated carbocycles. The minimum Gasteiger partial charge on any atom is -0.495 e. The fourth-order valence-electron chi connectivity index (χ4n) is 4.59. The van der Waals surface area contributed by atoms with Crippen LogP contribution in [0.3, 0.4) is 0 Å². The summed E-state index contributed by atoms with van der Waals surface area (Å²) >= 11 is 0. The molecular weight excluding hydrogens is 483 g/mol. The van der Waals surface area contributed by atoms with E-state index in [1.807, 2.05) is 19.1 Å². The first kappa shape index (κ1) is 23.9. The van der Waals surface area contributed by atoms with Crippen LogP contribution in [0.4, 0.5) is 10.1 Å². The minimum absolute atomic E-state index is 0.0340. The van der Waals surface area contributed by atoms with Gasteiger partial charge in [0, 0.05) is 5.56 Å². The highest BCUT2D eigenvalue weighted by Crippen LogP contribution is 2.33. The number of nitrogens with zero attached hydrogens (tertiary/aromatic N) is 3. The summed E-state index contributed by atoms with van der Waals surface area (Å²) in [7, 11) is -1.64. The molecule has 1 aliphatic rings. The molecule has 36 heavy (non-hydrogen) atoms. The van der Waals surface area contributed by atoms with Crippen molar-refractivity contribution in [2.24, 2.45) is 0 Å². The van der Waals surface area contributed by atoms with Crippen LogP contribution in [0.5, 0.6) is 5.75 Å². The molecule has 2 aromatic heterocycles. The molecule has 3 heterocycles. The number of nitrogens with one attached hydrogen (secondary N) is 1. The number of sulfone groups is 1. The molecule has 1 aliphatic heterocycles. The van der Waals surface area contributed by atoms with Gasteiger partial charge in [0.05, 0.1) is 52.7 Å². The zero-order chi connectivity index (χ0) is 25.6. The lowest BCUT2D eigenvalue weighted by molar-refractivity contribution is 0.102. The number of aromatic nitrogens is 3. The summed E-state index contributed by atoms with van der Waals surface area (Å²) in [5.41, 5.74) is 3.84. The Morgan fingerprint density at radius 1 is 1.14 bits per heavy atom. The van der Waals surface area contributed by atoms with Crippen LogP contribution in [0.1, 0.15) is 34.1 Å². The average Bonchev–Trinajstić information content (AvgIpc) is 3.37. The molecule has 10 heteroatoms. The van der Waals surface area contributed by atoms with E-state index < -0.39 is 15.7 Å². The van der Waals surface area contributed by atoms with Gasteiger partial charge in [-0.3, -0.25) is 4.79 Å². The molecule has 1 unspecified atom stereocenters. The van der Waals surface area contributed by atoms with Crippen LogP contribution in [0.25, 0.3) is 22.3 Å². The Morgan fingerprint density at radius 3 is 2.56 bits per heavy atom. The van der Waals surface area contributed by atoms with Crippen molar-refractivity contribution in [1.82, 2.24) is 14.8 Å². The van der Waals surface area contributed by atoms with Gasteiger partial charge in [0.15, 0.2) is 15.5 Å². The SMILES string of the molecule is COc1ccc(C)cc1NC(=O)c1cc(-c2ccc(F)cc2)nc2c1c(C)nn2C1CCS(=O)(=O)C1. The molecule has 5 rings (SSSR count). The van der Waals surface area contributed by atoms with Gasteiger partial charge >= 0.3 is 0 Å². The highest BCUT2D eigenvalue weighted by atomic mass is 32.2. The van der Waals surface area contributed by atoms with E-state index in [-0.39, 0.29) is 23.4 Å². The second-order valence-electron chi connectivity index (χ2n) is 9.01. The summed E-state index contributed by atoms with van der Waals surface area (Å²) in [5, 5.41) is 8.08. The fourth-order valence-corrected chi connectivity index (χ4v) is 6.28. The maximum atomic E-state index is 13.6. The molecule has 186 valence electrons. The van der Waals surface area contributed by atoms with E-state index >= 15 is 0 Å². The van der Waals surface area contributed by atoms with Crippen molar-refractivity contribution in [3.63, 3.8) is 0 Å². The Morgan fingerprint density at radius 2 is 1.89 bits per heavy atom. The van der Waals surface area contributed by atoms with Crippen molar-refractivity contribution in [1.29, 1.82) is 0 Å². The Balaban J connectivity index is 1.68. The maximum absolute atomic E-state index is 13.6. The van der Waals surface area contributed by atoms with Crippen molar-refractivity contribution in [3.05, 3.63) is 71.2 Å². The van der Waals surface area contributed by atoms with E-state index in [1.165, 1.54) is 19.2 Å². The summed E-state index contributed by atoms with van der Waals surface area (Å²) < 4.78 is 45.0. The number of amides is 1. The largest absolute Gasteiger partial charge is 0.495 e. The first-order valence-electron chi connectivity index (χ1n) is 11.5. The standard InChI is InChI=1S/C26H25FN4O4S/c1-15-4-9-23(35-3)22(12-15)29-26(32)20-13-21(17-5-7-18(27)8-6-17)28-25-24(20)16(2)30-31(25)19-10-11-36(33,34)14-19/h4-9,12-13,19H,10-11,14H2,1-3H3,(H,29,32). The highest BCUT2D eigenvalue weighted by molar-refractivity contribution is 7.91. The summed E-state index contributed by atoms with van der Waals surface area (Å²) in [4.78, 5) is 18.4. The number of hydrogen-bond acceptors (Lipinski definition) is 6. The quantitative estimate of drug-likeness (QED) is 0.427. The first-order valence-corrected chi connectivity index (χ1v) is 13.3. The number of rotatable bonds is 5. The van der Waals surface area contributed by atoms with Crippen LogP contribution in [0, 0.1) is 19.7 Å². The predicted molar refractivity (Wildman–Crippen MR) is 136 cm³/mol. The first-order chi connectivity index (χ1) is 17.1. The van der Waals surface area contributed by atoms with Gasteiger partial charge in [-0.15, -0.1) is 0 Å². The average molecular weight is 509 g/mol. The van der Waals surface area contributed by atoms with Crippen molar-refractivity contribution >= 4 is 32.5 Å². The number of ether oxygens (including phenoxy) is 1. The van der Waals surface area contributed by atoms with E-state index in [9.17, 15) is 17.6 Å². The van der Waals surface area contributed by atoms with Gasteiger partial charge in [-0.1, -0.05) is 6.07 Å². The Labute approximate surface area is 208 Å². The topological polar surface area (TPSA) is 103 Å². The zero-order valence-electron chi connectivity index (χ0n) is 20.1. The number of carbonyl (C=O) groups is 1. The van der Waals surface area contributed by atoms with E-state index in [2.05, 4.69) is 10.4 Å². The molecule has 0 radical (unpaired) electrons. The van der Waals surface area contributed by atoms with Crippen molar-refractivity contribution in [2.75, 3.05) is 23.9 Å². The molecule has 1 saturated heterocycles. The molecule has 2 aromatic carbocycles. The maximum Gasteiger partial charge on any atom is 0.256 e. The number of pyridine rings is 1. The molecule has 1 N–H and O–H groups in total. The molecule has 1 amide bonds. The van der Waals surface area contributed by atoms with Gasteiger partial charge in [-0.2, -0.15) is 5.10 Å². The van der Waals surface area contributed by atoms with E-state index in [0.29, 0.717) is 51.4 Å². The number of halogens is 1. The number of carbonyl (C=O) groups excluding carboxylic acids is 1. The third-order valence-electron chi connectivity index (χ3n) is 6.38. The van der Waals surface area contributed by atoms with Crippen molar-refractivity contribution in [2.45, 2.75) is 26.3 Å². The number of benzene rings is 2. The van der Waals surface area contributed by atoms with Gasteiger partial charge in [0.1, 0.15) is 11.6 Å². The summed E-state index contributed by atoms with van der Waals surface area (Å²) in [5.74, 6) is -0.219. The number of methoxy groups -OCH3 is 1. The fraction of sp³-hybridized carbons (Fsp3) is 0.269. The third kappa shape index (κ3) is 4.44. The molecule has 1 fully saturated rings. The van der Waals surface area contributed by atoms with Crippen LogP contribution >= 0.6 is 0 Å². The van der Waals surface area contributed by atoms with Crippen LogP contribution in [0.2, 0.25) is 0 Å². The molecule has 0 aliphatic carbocycles. The van der Waals surface area contributed by atoms with E-state index in [1.54, 1.807) is 35.9 Å². The van der Waals surface area contributed by atoms with Crippen molar-refractivity contribution < 1.29 is 22.3 Å². The third-order valence-corrected chi connectivity index (χ3v) is 8.13. The second kappa shape index (κ2) is 9.02. The number of aryl methyl sites for hydroxylation is 2. The monoisotopic (exact) mass is 508 g/mol.